The van der Waals surface area contributed by atoms with Crippen molar-refractivity contribution >= 4 is 5.91 Å². The van der Waals surface area contributed by atoms with E-state index in [1.165, 1.54) is 10.1 Å². The number of nitrogens with zero attached hydrogens (tertiary/aromatic N) is 1. The number of hydrogen-bond acceptors (Lipinski definition) is 2. The van der Waals surface area contributed by atoms with E-state index in [1.807, 2.05) is 30.3 Å². The zero-order valence-electron chi connectivity index (χ0n) is 11.5. The molecule has 1 aromatic carbocycles. The smallest absolute Gasteiger partial charge is 0.253 e. The first kappa shape index (κ1) is 14.1. The van der Waals surface area contributed by atoms with E-state index < -0.39 is 0 Å². The minimum absolute atomic E-state index is 0.0648. The molecular formula is C16H18N2O2. The lowest BCUT2D eigenvalue weighted by molar-refractivity contribution is -0.121. The Labute approximate surface area is 118 Å². The van der Waals surface area contributed by atoms with Crippen molar-refractivity contribution in [1.82, 2.24) is 9.88 Å². The Hall–Kier alpha value is -2.36. The van der Waals surface area contributed by atoms with Gasteiger partial charge in [0.25, 0.3) is 5.56 Å². The topological polar surface area (TPSA) is 51.1 Å². The summed E-state index contributed by atoms with van der Waals surface area (Å²) >= 11 is 0. The van der Waals surface area contributed by atoms with E-state index in [0.29, 0.717) is 12.1 Å². The van der Waals surface area contributed by atoms with Crippen molar-refractivity contribution in [3.8, 4) is 0 Å². The van der Waals surface area contributed by atoms with Gasteiger partial charge < -0.3 is 9.88 Å². The Kier molecular flexibility index (Phi) is 4.71. The molecule has 2 rings (SSSR count). The molecule has 4 nitrogen and oxygen atoms in total. The molecule has 1 amide bonds. The van der Waals surface area contributed by atoms with Crippen LogP contribution in [0.3, 0.4) is 0 Å². The highest BCUT2D eigenvalue weighted by Crippen LogP contribution is 1.98. The number of carbonyl (C=O) groups excluding carboxylic acids is 1. The van der Waals surface area contributed by atoms with E-state index in [9.17, 15) is 9.59 Å². The molecule has 0 radical (unpaired) electrons. The number of carbonyl (C=O) groups is 1. The zero-order chi connectivity index (χ0) is 14.4. The molecule has 1 heterocycles. The minimum Gasteiger partial charge on any atom is -0.354 e. The summed E-state index contributed by atoms with van der Waals surface area (Å²) in [6, 6.07) is 13.5. The maximum atomic E-state index is 11.8. The lowest BCUT2D eigenvalue weighted by Gasteiger charge is -2.08. The van der Waals surface area contributed by atoms with Gasteiger partial charge in [0.05, 0.1) is 0 Å². The lowest BCUT2D eigenvalue weighted by Crippen LogP contribution is -2.33. The van der Waals surface area contributed by atoms with Crippen LogP contribution in [-0.4, -0.2) is 17.0 Å². The zero-order valence-corrected chi connectivity index (χ0v) is 11.5. The third-order valence-electron chi connectivity index (χ3n) is 3.10. The number of benzene rings is 1. The molecule has 104 valence electrons. The van der Waals surface area contributed by atoms with Gasteiger partial charge >= 0.3 is 0 Å². The minimum atomic E-state index is -0.145. The molecule has 0 fully saturated rings. The summed E-state index contributed by atoms with van der Waals surface area (Å²) < 4.78 is 1.42. The number of aromatic nitrogens is 1. The fourth-order valence-corrected chi connectivity index (χ4v) is 1.98. The molecule has 4 heteroatoms. The Bertz CT molecular complexity index is 632. The first-order valence-corrected chi connectivity index (χ1v) is 6.63. The number of nitrogens with one attached hydrogen (secondary N) is 1. The quantitative estimate of drug-likeness (QED) is 0.895. The number of amides is 1. The fraction of sp³-hybridized carbons (Fsp3) is 0.250. The van der Waals surface area contributed by atoms with Gasteiger partial charge in [0, 0.05) is 18.3 Å². The molecule has 1 N–H and O–H groups in total. The first-order chi connectivity index (χ1) is 9.66. The molecule has 0 saturated carbocycles. The largest absolute Gasteiger partial charge is 0.354 e. The van der Waals surface area contributed by atoms with Crippen molar-refractivity contribution < 1.29 is 4.79 Å². The van der Waals surface area contributed by atoms with Crippen LogP contribution >= 0.6 is 0 Å². The van der Waals surface area contributed by atoms with Crippen molar-refractivity contribution in [2.24, 2.45) is 0 Å². The van der Waals surface area contributed by atoms with E-state index in [-0.39, 0.29) is 18.0 Å². The molecule has 0 aliphatic heterocycles. The first-order valence-electron chi connectivity index (χ1n) is 6.63. The van der Waals surface area contributed by atoms with Crippen LogP contribution in [0, 0.1) is 6.92 Å². The summed E-state index contributed by atoms with van der Waals surface area (Å²) in [5.74, 6) is -0.145. The second-order valence-corrected chi connectivity index (χ2v) is 4.71. The van der Waals surface area contributed by atoms with E-state index in [1.54, 1.807) is 25.3 Å². The van der Waals surface area contributed by atoms with Crippen LogP contribution in [0.15, 0.2) is 53.5 Å². The maximum absolute atomic E-state index is 11.8. The van der Waals surface area contributed by atoms with Crippen LogP contribution in [-0.2, 0) is 17.8 Å². The number of hydrogen-bond donors (Lipinski definition) is 1. The molecule has 0 unspecified atom stereocenters. The van der Waals surface area contributed by atoms with Gasteiger partial charge in [-0.05, 0) is 25.0 Å². The normalized spacial score (nSPS) is 10.2. The standard InChI is InChI=1S/C16H18N2O2/c1-13-6-5-11-18(16(13)20)12-15(19)17-10-9-14-7-3-2-4-8-14/h2-8,11H,9-10,12H2,1H3,(H,17,19). The molecule has 0 spiro atoms. The third kappa shape index (κ3) is 3.82. The molecule has 0 saturated heterocycles. The van der Waals surface area contributed by atoms with Crippen LogP contribution < -0.4 is 10.9 Å². The van der Waals surface area contributed by atoms with Gasteiger partial charge in [-0.15, -0.1) is 0 Å². The summed E-state index contributed by atoms with van der Waals surface area (Å²) in [6.45, 7) is 2.38. The van der Waals surface area contributed by atoms with Gasteiger partial charge in [0.2, 0.25) is 5.91 Å². The average molecular weight is 270 g/mol. The Morgan fingerprint density at radius 3 is 2.65 bits per heavy atom. The Balaban J connectivity index is 1.84. The summed E-state index contributed by atoms with van der Waals surface area (Å²) in [5, 5.41) is 2.83. The molecule has 0 aliphatic rings. The molecule has 0 bridgehead atoms. The molecule has 20 heavy (non-hydrogen) atoms. The average Bonchev–Trinajstić information content (AvgIpc) is 2.45. The van der Waals surface area contributed by atoms with Crippen LogP contribution in [0.25, 0.3) is 0 Å². The molecular weight excluding hydrogens is 252 g/mol. The van der Waals surface area contributed by atoms with Gasteiger partial charge in [-0.2, -0.15) is 0 Å². The molecule has 2 aromatic rings. The van der Waals surface area contributed by atoms with Crippen LogP contribution in [0.1, 0.15) is 11.1 Å². The second kappa shape index (κ2) is 6.70. The van der Waals surface area contributed by atoms with Crippen LogP contribution in [0.5, 0.6) is 0 Å². The predicted octanol–water partition coefficient (Wildman–Crippen LogP) is 1.52. The summed E-state index contributed by atoms with van der Waals surface area (Å²) in [4.78, 5) is 23.6. The highest BCUT2D eigenvalue weighted by atomic mass is 16.2. The summed E-state index contributed by atoms with van der Waals surface area (Å²) in [7, 11) is 0. The lowest BCUT2D eigenvalue weighted by atomic mass is 10.1. The van der Waals surface area contributed by atoms with Crippen molar-refractivity contribution in [3.05, 3.63) is 70.1 Å². The van der Waals surface area contributed by atoms with Crippen LogP contribution in [0.2, 0.25) is 0 Å². The molecule has 1 aromatic heterocycles. The Morgan fingerprint density at radius 2 is 1.90 bits per heavy atom. The van der Waals surface area contributed by atoms with Crippen molar-refractivity contribution in [2.75, 3.05) is 6.54 Å². The van der Waals surface area contributed by atoms with Gasteiger partial charge in [-0.3, -0.25) is 9.59 Å². The molecule has 0 aliphatic carbocycles. The van der Waals surface area contributed by atoms with E-state index >= 15 is 0 Å². The fourth-order valence-electron chi connectivity index (χ4n) is 1.98. The third-order valence-corrected chi connectivity index (χ3v) is 3.10. The second-order valence-electron chi connectivity index (χ2n) is 4.71. The maximum Gasteiger partial charge on any atom is 0.253 e. The van der Waals surface area contributed by atoms with E-state index in [2.05, 4.69) is 5.32 Å². The van der Waals surface area contributed by atoms with Gasteiger partial charge in [-0.25, -0.2) is 0 Å². The van der Waals surface area contributed by atoms with Crippen molar-refractivity contribution in [2.45, 2.75) is 19.9 Å². The van der Waals surface area contributed by atoms with Crippen LogP contribution in [0.4, 0.5) is 0 Å². The number of rotatable bonds is 5. The molecule has 0 atom stereocenters. The summed E-state index contributed by atoms with van der Waals surface area (Å²) in [6.07, 6.45) is 2.42. The van der Waals surface area contributed by atoms with Crippen molar-refractivity contribution in [1.29, 1.82) is 0 Å². The monoisotopic (exact) mass is 270 g/mol. The Morgan fingerprint density at radius 1 is 1.15 bits per heavy atom. The number of aryl methyl sites for hydroxylation is 1. The van der Waals surface area contributed by atoms with Gasteiger partial charge in [0.1, 0.15) is 6.54 Å². The predicted molar refractivity (Wildman–Crippen MR) is 78.6 cm³/mol. The SMILES string of the molecule is Cc1cccn(CC(=O)NCCc2ccccc2)c1=O. The van der Waals surface area contributed by atoms with E-state index in [0.717, 1.165) is 6.42 Å². The highest BCUT2D eigenvalue weighted by molar-refractivity contribution is 5.75. The van der Waals surface area contributed by atoms with Gasteiger partial charge in [-0.1, -0.05) is 36.4 Å². The summed E-state index contributed by atoms with van der Waals surface area (Å²) in [5.41, 5.74) is 1.70. The highest BCUT2D eigenvalue weighted by Gasteiger charge is 2.04. The van der Waals surface area contributed by atoms with Gasteiger partial charge in [0.15, 0.2) is 0 Å². The number of pyridine rings is 1. The van der Waals surface area contributed by atoms with Crippen molar-refractivity contribution in [3.63, 3.8) is 0 Å². The van der Waals surface area contributed by atoms with E-state index in [4.69, 9.17) is 0 Å².